The molecule has 0 bridgehead atoms. The van der Waals surface area contributed by atoms with E-state index in [1.54, 1.807) is 30.2 Å². The van der Waals surface area contributed by atoms with Crippen molar-refractivity contribution in [2.75, 3.05) is 5.75 Å². The molecule has 0 spiro atoms. The van der Waals surface area contributed by atoms with Gasteiger partial charge in [-0.1, -0.05) is 18.2 Å². The summed E-state index contributed by atoms with van der Waals surface area (Å²) in [6, 6.07) is 3.70. The Kier molecular flexibility index (Phi) is 3.31. The molecule has 0 aromatic carbocycles. The molecular weight excluding hydrogens is 276 g/mol. The summed E-state index contributed by atoms with van der Waals surface area (Å²) >= 11 is 1.60. The van der Waals surface area contributed by atoms with Crippen LogP contribution in [0.2, 0.25) is 0 Å². The van der Waals surface area contributed by atoms with Gasteiger partial charge in [-0.2, -0.15) is 0 Å². The molecule has 1 aromatic rings. The first-order valence-corrected chi connectivity index (χ1v) is 7.20. The second kappa shape index (κ2) is 5.13. The number of amides is 1. The maximum atomic E-state index is 11.6. The molecule has 1 N–H and O–H groups in total. The van der Waals surface area contributed by atoms with Crippen LogP contribution in [0.5, 0.6) is 0 Å². The Morgan fingerprint density at radius 1 is 1.50 bits per heavy atom. The van der Waals surface area contributed by atoms with Crippen molar-refractivity contribution >= 4 is 29.7 Å². The van der Waals surface area contributed by atoms with Crippen LogP contribution >= 0.6 is 11.8 Å². The van der Waals surface area contributed by atoms with Gasteiger partial charge in [0.05, 0.1) is 11.8 Å². The molecule has 0 aliphatic carbocycles. The topological polar surface area (TPSA) is 70.5 Å². The number of aromatic nitrogens is 1. The van der Waals surface area contributed by atoms with Gasteiger partial charge in [0, 0.05) is 18.1 Å². The third-order valence-corrected chi connectivity index (χ3v) is 4.49. The fourth-order valence-electron chi connectivity index (χ4n) is 2.24. The number of pyridine rings is 1. The number of thioether (sulfide) groups is 1. The zero-order valence-corrected chi connectivity index (χ0v) is 11.3. The summed E-state index contributed by atoms with van der Waals surface area (Å²) in [7, 11) is 0. The molecule has 20 heavy (non-hydrogen) atoms. The van der Waals surface area contributed by atoms with E-state index in [0.717, 1.165) is 5.56 Å². The first-order valence-electron chi connectivity index (χ1n) is 6.15. The largest absolute Gasteiger partial charge is 0.477 e. The third kappa shape index (κ3) is 2.22. The highest BCUT2D eigenvalue weighted by molar-refractivity contribution is 8.00. The van der Waals surface area contributed by atoms with Crippen molar-refractivity contribution in [2.45, 2.75) is 11.8 Å². The quantitative estimate of drug-likeness (QED) is 0.858. The van der Waals surface area contributed by atoms with E-state index in [0.29, 0.717) is 17.7 Å². The molecule has 0 saturated carbocycles. The van der Waals surface area contributed by atoms with Crippen LogP contribution in [-0.4, -0.2) is 38.0 Å². The van der Waals surface area contributed by atoms with Gasteiger partial charge in [0.25, 0.3) is 0 Å². The summed E-state index contributed by atoms with van der Waals surface area (Å²) < 4.78 is 0. The van der Waals surface area contributed by atoms with Gasteiger partial charge in [-0.25, -0.2) is 4.79 Å². The van der Waals surface area contributed by atoms with Gasteiger partial charge in [0.2, 0.25) is 5.91 Å². The molecule has 2 aliphatic rings. The summed E-state index contributed by atoms with van der Waals surface area (Å²) in [5.41, 5.74) is 1.67. The SMILES string of the molecule is O=C(O)C1=C(C=Cc2cccnc2)CS[C@@H]2CC(=O)N12. The van der Waals surface area contributed by atoms with E-state index < -0.39 is 5.97 Å². The van der Waals surface area contributed by atoms with Crippen molar-refractivity contribution in [3.63, 3.8) is 0 Å². The number of rotatable bonds is 3. The maximum Gasteiger partial charge on any atom is 0.352 e. The van der Waals surface area contributed by atoms with Gasteiger partial charge >= 0.3 is 5.97 Å². The molecule has 2 aliphatic heterocycles. The number of allylic oxidation sites excluding steroid dienone is 1. The predicted octanol–water partition coefficient (Wildman–Crippen LogP) is 1.74. The van der Waals surface area contributed by atoms with Crippen molar-refractivity contribution in [3.05, 3.63) is 47.4 Å². The molecule has 0 unspecified atom stereocenters. The van der Waals surface area contributed by atoms with Crippen molar-refractivity contribution in [3.8, 4) is 0 Å². The number of carboxylic acids is 1. The number of carbonyl (C=O) groups is 2. The minimum absolute atomic E-state index is 0.0101. The highest BCUT2D eigenvalue weighted by Gasteiger charge is 2.44. The van der Waals surface area contributed by atoms with Crippen LogP contribution in [0.15, 0.2) is 41.9 Å². The number of aliphatic carboxylic acids is 1. The Bertz CT molecular complexity index is 625. The number of carboxylic acid groups (broad SMARTS) is 1. The summed E-state index contributed by atoms with van der Waals surface area (Å²) in [5.74, 6) is -0.562. The number of β-lactam (4-membered cyclic amide) rings is 1. The first-order chi connectivity index (χ1) is 9.66. The monoisotopic (exact) mass is 288 g/mol. The van der Waals surface area contributed by atoms with Gasteiger partial charge in [0.1, 0.15) is 5.70 Å². The molecule has 1 atom stereocenters. The Morgan fingerprint density at radius 2 is 2.35 bits per heavy atom. The van der Waals surface area contributed by atoms with Crippen LogP contribution in [0.1, 0.15) is 12.0 Å². The summed E-state index contributed by atoms with van der Waals surface area (Å²) in [5, 5.41) is 9.33. The average molecular weight is 288 g/mol. The Balaban J connectivity index is 1.93. The summed E-state index contributed by atoms with van der Waals surface area (Å²) in [4.78, 5) is 28.4. The minimum atomic E-state index is -1.05. The van der Waals surface area contributed by atoms with E-state index in [1.165, 1.54) is 4.90 Å². The van der Waals surface area contributed by atoms with Gasteiger partial charge in [-0.3, -0.25) is 14.7 Å². The molecule has 1 amide bonds. The van der Waals surface area contributed by atoms with Crippen molar-refractivity contribution in [2.24, 2.45) is 0 Å². The van der Waals surface area contributed by atoms with Gasteiger partial charge in [0.15, 0.2) is 0 Å². The van der Waals surface area contributed by atoms with Crippen LogP contribution in [0.3, 0.4) is 0 Å². The Hall–Kier alpha value is -2.08. The lowest BCUT2D eigenvalue weighted by Gasteiger charge is -2.43. The molecule has 1 aromatic heterocycles. The molecule has 6 heteroatoms. The molecule has 3 heterocycles. The standard InChI is InChI=1S/C14H12N2O3S/c17-11-6-12-16(11)13(14(18)19)10(8-20-12)4-3-9-2-1-5-15-7-9/h1-5,7,12H,6,8H2,(H,18,19)/t12-/m1/s1. The molecule has 3 rings (SSSR count). The van der Waals surface area contributed by atoms with E-state index >= 15 is 0 Å². The average Bonchev–Trinajstić information content (AvgIpc) is 2.45. The van der Waals surface area contributed by atoms with E-state index in [1.807, 2.05) is 18.2 Å². The maximum absolute atomic E-state index is 11.6. The number of nitrogens with zero attached hydrogens (tertiary/aromatic N) is 2. The predicted molar refractivity (Wildman–Crippen MR) is 75.6 cm³/mol. The summed E-state index contributed by atoms with van der Waals surface area (Å²) in [6.45, 7) is 0. The van der Waals surface area contributed by atoms with Crippen LogP contribution in [0.4, 0.5) is 0 Å². The lowest BCUT2D eigenvalue weighted by atomic mass is 10.1. The molecule has 1 fully saturated rings. The number of carbonyl (C=O) groups excluding carboxylic acids is 1. The second-order valence-corrected chi connectivity index (χ2v) is 5.70. The highest BCUT2D eigenvalue weighted by atomic mass is 32.2. The van der Waals surface area contributed by atoms with Gasteiger partial charge in [-0.05, 0) is 17.2 Å². The fourth-order valence-corrected chi connectivity index (χ4v) is 3.47. The van der Waals surface area contributed by atoms with E-state index in [9.17, 15) is 14.7 Å². The van der Waals surface area contributed by atoms with Crippen molar-refractivity contribution in [1.29, 1.82) is 0 Å². The molecule has 0 radical (unpaired) electrons. The Morgan fingerprint density at radius 3 is 3.00 bits per heavy atom. The smallest absolute Gasteiger partial charge is 0.352 e. The van der Waals surface area contributed by atoms with Gasteiger partial charge in [-0.15, -0.1) is 11.8 Å². The van der Waals surface area contributed by atoms with E-state index in [-0.39, 0.29) is 17.0 Å². The molecule has 5 nitrogen and oxygen atoms in total. The normalized spacial score (nSPS) is 21.9. The van der Waals surface area contributed by atoms with E-state index in [2.05, 4.69) is 4.98 Å². The first kappa shape index (κ1) is 12.9. The molecule has 1 saturated heterocycles. The fraction of sp³-hybridized carbons (Fsp3) is 0.214. The number of fused-ring (bicyclic) bond motifs is 1. The lowest BCUT2D eigenvalue weighted by Crippen LogP contribution is -2.53. The highest BCUT2D eigenvalue weighted by Crippen LogP contribution is 2.40. The zero-order chi connectivity index (χ0) is 14.1. The number of hydrogen-bond acceptors (Lipinski definition) is 4. The van der Waals surface area contributed by atoms with Crippen molar-refractivity contribution in [1.82, 2.24) is 9.88 Å². The second-order valence-electron chi connectivity index (χ2n) is 4.53. The van der Waals surface area contributed by atoms with Crippen LogP contribution in [-0.2, 0) is 9.59 Å². The minimum Gasteiger partial charge on any atom is -0.477 e. The van der Waals surface area contributed by atoms with Crippen LogP contribution < -0.4 is 0 Å². The molecule has 102 valence electrons. The van der Waals surface area contributed by atoms with Gasteiger partial charge < -0.3 is 5.11 Å². The third-order valence-electron chi connectivity index (χ3n) is 3.25. The molecular formula is C14H12N2O3S. The Labute approximate surface area is 120 Å². The van der Waals surface area contributed by atoms with Crippen molar-refractivity contribution < 1.29 is 14.7 Å². The van der Waals surface area contributed by atoms with Crippen LogP contribution in [0, 0.1) is 0 Å². The lowest BCUT2D eigenvalue weighted by molar-refractivity contribution is -0.146. The van der Waals surface area contributed by atoms with E-state index in [4.69, 9.17) is 0 Å². The van der Waals surface area contributed by atoms with Crippen LogP contribution in [0.25, 0.3) is 6.08 Å². The number of hydrogen-bond donors (Lipinski definition) is 1. The zero-order valence-electron chi connectivity index (χ0n) is 10.5. The summed E-state index contributed by atoms with van der Waals surface area (Å²) in [6.07, 6.45) is 7.39.